The minimum absolute atomic E-state index is 0.000118. The molecule has 0 spiro atoms. The van der Waals surface area contributed by atoms with Crippen LogP contribution in [0.15, 0.2) is 101 Å². The number of unbranched alkanes of at least 4 members (excludes halogenated alkanes) is 3. The summed E-state index contributed by atoms with van der Waals surface area (Å²) in [5.74, 6) is 0.241. The number of carbonyl (C=O) groups excluding carboxylic acids is 3. The first-order valence-corrected chi connectivity index (χ1v) is 28.0. The van der Waals surface area contributed by atoms with Gasteiger partial charge in [-0.05, 0) is 140 Å². The van der Waals surface area contributed by atoms with E-state index in [4.69, 9.17) is 16.3 Å². The largest absolute Gasteiger partial charge is 0.469 e. The van der Waals surface area contributed by atoms with Crippen LogP contribution in [-0.2, 0) is 14.3 Å². The number of hydrogen-bond donors (Lipinski definition) is 3. The normalized spacial score (nSPS) is 16.6. The lowest BCUT2D eigenvalue weighted by Gasteiger charge is -2.39. The Morgan fingerprint density at radius 1 is 0.853 bits per heavy atom. The van der Waals surface area contributed by atoms with Crippen molar-refractivity contribution < 1.29 is 37.0 Å². The molecule has 3 N–H and O–H groups in total. The summed E-state index contributed by atoms with van der Waals surface area (Å²) in [4.78, 5) is 55.1. The summed E-state index contributed by atoms with van der Waals surface area (Å²) in [6, 6.07) is 22.2. The fraction of sp³-hybridized carbons (Fsp3) is 0.464. The van der Waals surface area contributed by atoms with Crippen molar-refractivity contribution in [3.63, 3.8) is 0 Å². The van der Waals surface area contributed by atoms with E-state index < -0.39 is 11.4 Å². The van der Waals surface area contributed by atoms with E-state index in [-0.39, 0.29) is 39.5 Å². The molecule has 2 saturated heterocycles. The van der Waals surface area contributed by atoms with Crippen LogP contribution in [0, 0.1) is 5.41 Å². The molecule has 2 fully saturated rings. The molecule has 3 aromatic carbocycles. The van der Waals surface area contributed by atoms with Gasteiger partial charge in [-0.25, -0.2) is 4.98 Å². The number of methoxy groups -OCH3 is 1. The van der Waals surface area contributed by atoms with Crippen LogP contribution < -0.4 is 19.7 Å². The van der Waals surface area contributed by atoms with E-state index >= 15 is 0 Å². The fourth-order valence-electron chi connectivity index (χ4n) is 9.97. The SMILES string of the molecule is COC(=O)CCCCCCC(=O)N1CCN(CCCNc2ccc(SNC(=O)c3ccc(N4CCN(CC5=C(c6ccc(Cl)cc6)CC(C)(C)CC5)CC4)cc3Oc3cnc4[nH]ccc4c3)cc2SC(F)(F)F)CC1. The molecule has 0 radical (unpaired) electrons. The number of anilines is 2. The smallest absolute Gasteiger partial charge is 0.446 e. The molecule has 3 aliphatic rings. The third-order valence-electron chi connectivity index (χ3n) is 14.2. The van der Waals surface area contributed by atoms with Crippen LogP contribution in [0.25, 0.3) is 16.6 Å². The van der Waals surface area contributed by atoms with Gasteiger partial charge in [0.25, 0.3) is 5.91 Å². The van der Waals surface area contributed by atoms with Crippen molar-refractivity contribution in [1.29, 1.82) is 0 Å². The van der Waals surface area contributed by atoms with Gasteiger partial charge in [0.2, 0.25) is 5.91 Å². The molecule has 402 valence electrons. The summed E-state index contributed by atoms with van der Waals surface area (Å²) in [5.41, 5.74) is 2.09. The number of aromatic nitrogens is 2. The summed E-state index contributed by atoms with van der Waals surface area (Å²) in [7, 11) is 1.38. The van der Waals surface area contributed by atoms with E-state index in [1.807, 2.05) is 41.3 Å². The number of ether oxygens (including phenoxy) is 2. The van der Waals surface area contributed by atoms with Crippen LogP contribution in [0.1, 0.15) is 94.0 Å². The summed E-state index contributed by atoms with van der Waals surface area (Å²) in [6.07, 6.45) is 11.5. The highest BCUT2D eigenvalue weighted by Gasteiger charge is 2.32. The molecule has 8 rings (SSSR count). The Kier molecular flexibility index (Phi) is 19.4. The highest BCUT2D eigenvalue weighted by atomic mass is 35.5. The highest BCUT2D eigenvalue weighted by Crippen LogP contribution is 2.44. The van der Waals surface area contributed by atoms with Crippen LogP contribution in [0.5, 0.6) is 11.5 Å². The van der Waals surface area contributed by atoms with Crippen molar-refractivity contribution in [3.05, 3.63) is 107 Å². The third-order valence-corrected chi connectivity index (χ3v) is 16.0. The summed E-state index contributed by atoms with van der Waals surface area (Å²) in [5, 5.41) is 4.79. The first-order valence-electron chi connectivity index (χ1n) is 25.9. The molecule has 13 nitrogen and oxygen atoms in total. The molecular weight excluding hydrogens is 1020 g/mol. The fourth-order valence-corrected chi connectivity index (χ4v) is 11.5. The van der Waals surface area contributed by atoms with Gasteiger partial charge in [0.05, 0.1) is 18.9 Å². The van der Waals surface area contributed by atoms with Crippen molar-refractivity contribution in [2.24, 2.45) is 5.41 Å². The van der Waals surface area contributed by atoms with Gasteiger partial charge in [0.15, 0.2) is 0 Å². The quantitative estimate of drug-likeness (QED) is 0.0263. The number of pyridine rings is 1. The monoisotopic (exact) mass is 1090 g/mol. The van der Waals surface area contributed by atoms with E-state index in [9.17, 15) is 27.6 Å². The Bertz CT molecular complexity index is 2780. The maximum Gasteiger partial charge on any atom is 0.446 e. The average molecular weight is 1090 g/mol. The number of rotatable bonds is 22. The second-order valence-electron chi connectivity index (χ2n) is 20.3. The second-order valence-corrected chi connectivity index (χ2v) is 22.7. The van der Waals surface area contributed by atoms with Crippen LogP contribution in [-0.4, -0.2) is 127 Å². The number of allylic oxidation sites excluding steroid dienone is 1. The molecule has 0 bridgehead atoms. The van der Waals surface area contributed by atoms with Gasteiger partial charge in [-0.3, -0.25) is 28.9 Å². The lowest BCUT2D eigenvalue weighted by atomic mass is 9.72. The number of halogens is 4. The number of alkyl halides is 3. The van der Waals surface area contributed by atoms with Gasteiger partial charge < -0.3 is 29.6 Å². The maximum absolute atomic E-state index is 14.0. The topological polar surface area (TPSA) is 135 Å². The van der Waals surface area contributed by atoms with E-state index in [0.29, 0.717) is 66.6 Å². The van der Waals surface area contributed by atoms with Gasteiger partial charge in [0.1, 0.15) is 17.1 Å². The van der Waals surface area contributed by atoms with Crippen molar-refractivity contribution in [1.82, 2.24) is 29.4 Å². The molecule has 2 amide bonds. The zero-order chi connectivity index (χ0) is 53.0. The number of nitrogens with one attached hydrogen (secondary N) is 3. The number of nitrogens with zero attached hydrogens (tertiary/aromatic N) is 5. The Morgan fingerprint density at radius 3 is 2.35 bits per heavy atom. The predicted molar refractivity (Wildman–Crippen MR) is 295 cm³/mol. The molecule has 5 aromatic rings. The number of carbonyl (C=O) groups is 3. The van der Waals surface area contributed by atoms with Gasteiger partial charge in [-0.2, -0.15) is 13.2 Å². The zero-order valence-corrected chi connectivity index (χ0v) is 45.4. The van der Waals surface area contributed by atoms with Crippen molar-refractivity contribution in [2.45, 2.75) is 93.4 Å². The van der Waals surface area contributed by atoms with Crippen LogP contribution in [0.3, 0.4) is 0 Å². The number of fused-ring (bicyclic) bond motifs is 1. The van der Waals surface area contributed by atoms with Crippen LogP contribution in [0.4, 0.5) is 24.5 Å². The number of thioether (sulfide) groups is 1. The van der Waals surface area contributed by atoms with E-state index in [0.717, 1.165) is 125 Å². The number of amides is 2. The number of benzene rings is 3. The van der Waals surface area contributed by atoms with E-state index in [2.05, 4.69) is 65.4 Å². The summed E-state index contributed by atoms with van der Waals surface area (Å²) < 4.78 is 55.7. The molecular formula is C56H68ClF3N8O5S2. The maximum atomic E-state index is 14.0. The Labute approximate surface area is 451 Å². The van der Waals surface area contributed by atoms with Gasteiger partial charge in [0, 0.05) is 122 Å². The standard InChI is InChI=1S/C56H68ClF3N8O5S2/c1-55(2)21-19-41(47(36-55)39-11-13-42(57)14-12-39)38-66-27-29-67(30-28-66)43-15-17-46(49(34-43)73-44-33-40-20-23-62-53(40)63-37-44)54(71)64-75-45-16-18-48(50(35-45)74-56(58,59)60)61-22-8-24-65-25-31-68(32-26-65)51(69)9-6-4-5-7-10-52(70)72-3/h11-18,20,23,33-35,37,61H,4-10,19,21-22,24-32,36,38H2,1-3H3,(H,62,63)(H,64,71). The molecule has 0 saturated carbocycles. The lowest BCUT2D eigenvalue weighted by Crippen LogP contribution is -2.48. The average Bonchev–Trinajstić information content (AvgIpc) is 3.87. The van der Waals surface area contributed by atoms with Crippen LogP contribution >= 0.6 is 35.3 Å². The highest BCUT2D eigenvalue weighted by molar-refractivity contribution is 8.00. The first-order chi connectivity index (χ1) is 36.1. The second kappa shape index (κ2) is 26.1. The first kappa shape index (κ1) is 55.8. The minimum atomic E-state index is -4.53. The van der Waals surface area contributed by atoms with Crippen molar-refractivity contribution >= 4 is 81.1 Å². The van der Waals surface area contributed by atoms with Crippen molar-refractivity contribution in [2.75, 3.05) is 89.3 Å². The number of aromatic amines is 1. The Hall–Kier alpha value is -5.40. The number of esters is 1. The molecule has 0 unspecified atom stereocenters. The molecule has 2 aromatic heterocycles. The molecule has 2 aliphatic heterocycles. The molecule has 1 aliphatic carbocycles. The molecule has 75 heavy (non-hydrogen) atoms. The molecule has 0 atom stereocenters. The predicted octanol–water partition coefficient (Wildman–Crippen LogP) is 12.3. The van der Waals surface area contributed by atoms with Crippen molar-refractivity contribution in [3.8, 4) is 11.5 Å². The van der Waals surface area contributed by atoms with E-state index in [1.165, 1.54) is 29.9 Å². The van der Waals surface area contributed by atoms with Crippen LogP contribution in [0.2, 0.25) is 5.02 Å². The Morgan fingerprint density at radius 2 is 1.60 bits per heavy atom. The number of hydrogen-bond acceptors (Lipinski definition) is 12. The summed E-state index contributed by atoms with van der Waals surface area (Å²) in [6.45, 7) is 12.8. The zero-order valence-electron chi connectivity index (χ0n) is 43.0. The van der Waals surface area contributed by atoms with E-state index in [1.54, 1.807) is 30.6 Å². The lowest BCUT2D eigenvalue weighted by molar-refractivity contribution is -0.140. The minimum Gasteiger partial charge on any atom is -0.469 e. The van der Waals surface area contributed by atoms with Gasteiger partial charge in [-0.15, -0.1) is 0 Å². The van der Waals surface area contributed by atoms with Gasteiger partial charge >= 0.3 is 11.5 Å². The number of H-pyrrole nitrogens is 1. The molecule has 19 heteroatoms. The van der Waals surface area contributed by atoms with Gasteiger partial charge in [-0.1, -0.05) is 56.0 Å². The Balaban J connectivity index is 0.862. The number of piperazine rings is 2. The molecule has 4 heterocycles. The third kappa shape index (κ3) is 16.3. The summed E-state index contributed by atoms with van der Waals surface area (Å²) >= 11 is 7.01.